The molecule has 1 heterocycles. The van der Waals surface area contributed by atoms with Crippen molar-refractivity contribution < 1.29 is 9.60 Å². The second kappa shape index (κ2) is 6.17. The lowest BCUT2D eigenvalue weighted by Gasteiger charge is -2.19. The zero-order valence-corrected chi connectivity index (χ0v) is 11.8. The second-order valence-corrected chi connectivity index (χ2v) is 4.64. The zero-order valence-electron chi connectivity index (χ0n) is 11.8. The fourth-order valence-corrected chi connectivity index (χ4v) is 1.95. The summed E-state index contributed by atoms with van der Waals surface area (Å²) in [6.45, 7) is 2.02. The van der Waals surface area contributed by atoms with Crippen molar-refractivity contribution in [3.63, 3.8) is 0 Å². The van der Waals surface area contributed by atoms with Crippen LogP contribution >= 0.6 is 0 Å². The Morgan fingerprint density at radius 3 is 2.90 bits per heavy atom. The summed E-state index contributed by atoms with van der Waals surface area (Å²) in [6, 6.07) is 7.17. The van der Waals surface area contributed by atoms with Crippen LogP contribution in [-0.4, -0.2) is 28.1 Å². The van der Waals surface area contributed by atoms with Crippen LogP contribution in [0, 0.1) is 12.7 Å². The number of amidine groups is 1. The van der Waals surface area contributed by atoms with Gasteiger partial charge in [0.25, 0.3) is 0 Å². The summed E-state index contributed by atoms with van der Waals surface area (Å²) in [5.74, 6) is -0.173. The molecule has 110 valence electrons. The Morgan fingerprint density at radius 1 is 1.43 bits per heavy atom. The number of aryl methyl sites for hydroxylation is 1. The Morgan fingerprint density at radius 2 is 2.19 bits per heavy atom. The molecule has 1 aromatic carbocycles. The number of oxime groups is 1. The summed E-state index contributed by atoms with van der Waals surface area (Å²) in [4.78, 5) is 9.44. The molecule has 1 aromatic heterocycles. The summed E-state index contributed by atoms with van der Waals surface area (Å²) in [5.41, 5.74) is 7.34. The molecule has 0 aliphatic heterocycles. The molecule has 0 atom stereocenters. The van der Waals surface area contributed by atoms with Crippen LogP contribution in [0.15, 0.2) is 35.7 Å². The number of benzene rings is 1. The molecule has 0 bridgehead atoms. The van der Waals surface area contributed by atoms with E-state index in [1.54, 1.807) is 37.1 Å². The van der Waals surface area contributed by atoms with Crippen molar-refractivity contribution in [1.82, 2.24) is 9.97 Å². The number of hydrogen-bond donors (Lipinski definition) is 2. The van der Waals surface area contributed by atoms with E-state index in [0.717, 1.165) is 5.56 Å². The fraction of sp³-hybridized carbons (Fsp3) is 0.214. The van der Waals surface area contributed by atoms with Crippen LogP contribution in [0.25, 0.3) is 0 Å². The number of anilines is 1. The normalized spacial score (nSPS) is 11.5. The Kier molecular flexibility index (Phi) is 4.32. The van der Waals surface area contributed by atoms with Gasteiger partial charge in [-0.1, -0.05) is 23.4 Å². The molecule has 0 saturated heterocycles. The standard InChI is InChI=1S/C14H16FN5O/c1-9-12(15)14(18-8-17-9)20(2)7-10-4-3-5-11(6-10)13(16)19-21/h3-6,8,21H,7H2,1-2H3,(H2,16,19). The Hall–Kier alpha value is -2.70. The molecule has 0 radical (unpaired) electrons. The van der Waals surface area contributed by atoms with E-state index in [2.05, 4.69) is 15.1 Å². The van der Waals surface area contributed by atoms with E-state index >= 15 is 0 Å². The van der Waals surface area contributed by atoms with Gasteiger partial charge in [0.15, 0.2) is 17.5 Å². The van der Waals surface area contributed by atoms with E-state index in [9.17, 15) is 4.39 Å². The number of rotatable bonds is 4. The molecular formula is C14H16FN5O. The van der Waals surface area contributed by atoms with Crippen molar-refractivity contribution in [1.29, 1.82) is 0 Å². The summed E-state index contributed by atoms with van der Waals surface area (Å²) in [7, 11) is 1.74. The second-order valence-electron chi connectivity index (χ2n) is 4.64. The lowest BCUT2D eigenvalue weighted by atomic mass is 10.1. The average molecular weight is 289 g/mol. The number of halogens is 1. The van der Waals surface area contributed by atoms with Crippen molar-refractivity contribution in [3.8, 4) is 0 Å². The first-order valence-electron chi connectivity index (χ1n) is 6.28. The number of nitrogens with two attached hydrogens (primary N) is 1. The summed E-state index contributed by atoms with van der Waals surface area (Å²) in [6.07, 6.45) is 1.33. The molecule has 0 aliphatic rings. The Labute approximate surface area is 121 Å². The van der Waals surface area contributed by atoms with E-state index in [1.165, 1.54) is 6.33 Å². The first-order valence-corrected chi connectivity index (χ1v) is 6.28. The third kappa shape index (κ3) is 3.25. The Balaban J connectivity index is 2.24. The molecule has 2 rings (SSSR count). The van der Waals surface area contributed by atoms with E-state index in [-0.39, 0.29) is 11.7 Å². The van der Waals surface area contributed by atoms with E-state index in [0.29, 0.717) is 17.8 Å². The largest absolute Gasteiger partial charge is 0.409 e. The van der Waals surface area contributed by atoms with E-state index < -0.39 is 5.82 Å². The third-order valence-corrected chi connectivity index (χ3v) is 3.06. The van der Waals surface area contributed by atoms with Gasteiger partial charge >= 0.3 is 0 Å². The van der Waals surface area contributed by atoms with Gasteiger partial charge in [-0.05, 0) is 18.6 Å². The molecular weight excluding hydrogens is 273 g/mol. The lowest BCUT2D eigenvalue weighted by molar-refractivity contribution is 0.318. The minimum absolute atomic E-state index is 0.0311. The maximum Gasteiger partial charge on any atom is 0.186 e. The van der Waals surface area contributed by atoms with Gasteiger partial charge in [0.2, 0.25) is 0 Å². The highest BCUT2D eigenvalue weighted by molar-refractivity contribution is 5.97. The quantitative estimate of drug-likeness (QED) is 0.387. The van der Waals surface area contributed by atoms with Gasteiger partial charge in [0, 0.05) is 19.2 Å². The van der Waals surface area contributed by atoms with Gasteiger partial charge in [-0.2, -0.15) is 0 Å². The van der Waals surface area contributed by atoms with Crippen molar-refractivity contribution in [2.45, 2.75) is 13.5 Å². The molecule has 6 nitrogen and oxygen atoms in total. The summed E-state index contributed by atoms with van der Waals surface area (Å²) < 4.78 is 14.0. The molecule has 3 N–H and O–H groups in total. The predicted molar refractivity (Wildman–Crippen MR) is 77.8 cm³/mol. The van der Waals surface area contributed by atoms with Gasteiger partial charge in [0.05, 0.1) is 5.69 Å². The number of hydrogen-bond acceptors (Lipinski definition) is 5. The van der Waals surface area contributed by atoms with Crippen LogP contribution in [0.2, 0.25) is 0 Å². The molecule has 0 saturated carbocycles. The van der Waals surface area contributed by atoms with Gasteiger partial charge < -0.3 is 15.8 Å². The van der Waals surface area contributed by atoms with Crippen molar-refractivity contribution >= 4 is 11.7 Å². The topological polar surface area (TPSA) is 87.6 Å². The fourth-order valence-electron chi connectivity index (χ4n) is 1.95. The third-order valence-electron chi connectivity index (χ3n) is 3.06. The van der Waals surface area contributed by atoms with Crippen molar-refractivity contribution in [2.24, 2.45) is 10.9 Å². The van der Waals surface area contributed by atoms with E-state index in [4.69, 9.17) is 10.9 Å². The maximum atomic E-state index is 14.0. The van der Waals surface area contributed by atoms with Crippen LogP contribution < -0.4 is 10.6 Å². The minimum atomic E-state index is -0.437. The van der Waals surface area contributed by atoms with Crippen LogP contribution in [0.1, 0.15) is 16.8 Å². The number of aromatic nitrogens is 2. The molecule has 2 aromatic rings. The van der Waals surface area contributed by atoms with Gasteiger partial charge in [-0.3, -0.25) is 0 Å². The number of nitrogens with zero attached hydrogens (tertiary/aromatic N) is 4. The van der Waals surface area contributed by atoms with Crippen LogP contribution in [0.3, 0.4) is 0 Å². The highest BCUT2D eigenvalue weighted by Crippen LogP contribution is 2.18. The summed E-state index contributed by atoms with van der Waals surface area (Å²) >= 11 is 0. The molecule has 0 fully saturated rings. The van der Waals surface area contributed by atoms with Crippen LogP contribution in [0.5, 0.6) is 0 Å². The molecule has 0 unspecified atom stereocenters. The SMILES string of the molecule is Cc1ncnc(N(C)Cc2cccc(/C(N)=N/O)c2)c1F. The van der Waals surface area contributed by atoms with Crippen molar-refractivity contribution in [2.75, 3.05) is 11.9 Å². The molecule has 21 heavy (non-hydrogen) atoms. The highest BCUT2D eigenvalue weighted by atomic mass is 19.1. The zero-order chi connectivity index (χ0) is 15.4. The molecule has 7 heteroatoms. The summed E-state index contributed by atoms with van der Waals surface area (Å²) in [5, 5.41) is 11.7. The smallest absolute Gasteiger partial charge is 0.186 e. The van der Waals surface area contributed by atoms with Crippen LogP contribution in [0.4, 0.5) is 10.2 Å². The average Bonchev–Trinajstić information content (AvgIpc) is 2.49. The lowest BCUT2D eigenvalue weighted by Crippen LogP contribution is -2.20. The van der Waals surface area contributed by atoms with Gasteiger partial charge in [-0.15, -0.1) is 0 Å². The van der Waals surface area contributed by atoms with E-state index in [1.807, 2.05) is 6.07 Å². The highest BCUT2D eigenvalue weighted by Gasteiger charge is 2.13. The molecule has 0 spiro atoms. The monoisotopic (exact) mass is 289 g/mol. The first-order chi connectivity index (χ1) is 10.0. The molecule has 0 aliphatic carbocycles. The van der Waals surface area contributed by atoms with Gasteiger partial charge in [0.1, 0.15) is 6.33 Å². The minimum Gasteiger partial charge on any atom is -0.409 e. The molecule has 0 amide bonds. The Bertz CT molecular complexity index is 674. The van der Waals surface area contributed by atoms with Gasteiger partial charge in [-0.25, -0.2) is 14.4 Å². The van der Waals surface area contributed by atoms with Crippen LogP contribution in [-0.2, 0) is 6.54 Å². The first kappa shape index (κ1) is 14.7. The van der Waals surface area contributed by atoms with Crippen molar-refractivity contribution in [3.05, 3.63) is 53.2 Å². The predicted octanol–water partition coefficient (Wildman–Crippen LogP) is 1.66. The maximum absolute atomic E-state index is 14.0.